The number of hydrogen-bond acceptors (Lipinski definition) is 5. The summed E-state index contributed by atoms with van der Waals surface area (Å²) in [5.74, 6) is 0.317. The average molecular weight is 335 g/mol. The Morgan fingerprint density at radius 2 is 1.95 bits per heavy atom. The van der Waals surface area contributed by atoms with Crippen LogP contribution in [0.5, 0.6) is 0 Å². The first-order valence-electron chi connectivity index (χ1n) is 7.24. The number of hydrogen-bond donors (Lipinski definition) is 1. The van der Waals surface area contributed by atoms with Crippen molar-refractivity contribution >= 4 is 34.1 Å². The molecule has 1 aromatic carbocycles. The topological polar surface area (TPSA) is 54.9 Å². The van der Waals surface area contributed by atoms with Crippen molar-refractivity contribution in [2.45, 2.75) is 44.4 Å². The summed E-state index contributed by atoms with van der Waals surface area (Å²) in [6.45, 7) is 8.43. The number of aromatic nitrogens is 2. The summed E-state index contributed by atoms with van der Waals surface area (Å²) in [5, 5.41) is 12.6. The van der Waals surface area contributed by atoms with Crippen molar-refractivity contribution in [3.63, 3.8) is 0 Å². The highest BCUT2D eigenvalue weighted by Crippen LogP contribution is 2.31. The molecule has 1 aromatic heterocycles. The number of thioether (sulfide) groups is 1. The number of benzene rings is 1. The first kappa shape index (κ1) is 17.0. The minimum Gasteiger partial charge on any atom is -0.300 e. The Hall–Kier alpha value is -1.40. The summed E-state index contributed by atoms with van der Waals surface area (Å²) in [4.78, 5) is 13.1. The number of anilines is 1. The SMILES string of the molecule is CCC(C)(C)c1nnc(NC(=O)CSc2ccc(C)cc2)s1. The molecule has 0 aliphatic rings. The predicted octanol–water partition coefficient (Wildman–Crippen LogP) is 4.26. The van der Waals surface area contributed by atoms with Crippen molar-refractivity contribution in [2.75, 3.05) is 11.1 Å². The maximum atomic E-state index is 12.0. The van der Waals surface area contributed by atoms with Gasteiger partial charge in [0, 0.05) is 10.3 Å². The van der Waals surface area contributed by atoms with Crippen molar-refractivity contribution in [3.05, 3.63) is 34.8 Å². The predicted molar refractivity (Wildman–Crippen MR) is 93.8 cm³/mol. The van der Waals surface area contributed by atoms with Crippen LogP contribution in [-0.4, -0.2) is 21.9 Å². The fourth-order valence-electron chi connectivity index (χ4n) is 1.64. The third kappa shape index (κ3) is 4.55. The number of carbonyl (C=O) groups excluding carboxylic acids is 1. The lowest BCUT2D eigenvalue weighted by Crippen LogP contribution is -2.14. The lowest BCUT2D eigenvalue weighted by molar-refractivity contribution is -0.113. The quantitative estimate of drug-likeness (QED) is 0.801. The second-order valence-electron chi connectivity index (χ2n) is 5.80. The van der Waals surface area contributed by atoms with Crippen molar-refractivity contribution < 1.29 is 4.79 Å². The van der Waals surface area contributed by atoms with E-state index < -0.39 is 0 Å². The van der Waals surface area contributed by atoms with Crippen molar-refractivity contribution in [1.82, 2.24) is 10.2 Å². The number of nitrogens with zero attached hydrogens (tertiary/aromatic N) is 2. The van der Waals surface area contributed by atoms with E-state index in [1.54, 1.807) is 0 Å². The molecule has 118 valence electrons. The van der Waals surface area contributed by atoms with Gasteiger partial charge in [0.2, 0.25) is 11.0 Å². The molecule has 0 spiro atoms. The fourth-order valence-corrected chi connectivity index (χ4v) is 3.27. The molecule has 6 heteroatoms. The van der Waals surface area contributed by atoms with E-state index in [-0.39, 0.29) is 11.3 Å². The van der Waals surface area contributed by atoms with Crippen LogP contribution in [0.2, 0.25) is 0 Å². The molecule has 2 aromatic rings. The zero-order chi connectivity index (χ0) is 16.2. The molecule has 0 fully saturated rings. The zero-order valence-corrected chi connectivity index (χ0v) is 15.0. The van der Waals surface area contributed by atoms with Gasteiger partial charge in [0.1, 0.15) is 5.01 Å². The molecule has 22 heavy (non-hydrogen) atoms. The lowest BCUT2D eigenvalue weighted by atomic mass is 9.91. The normalized spacial score (nSPS) is 11.5. The second kappa shape index (κ2) is 7.24. The first-order valence-corrected chi connectivity index (χ1v) is 9.04. The van der Waals surface area contributed by atoms with Gasteiger partial charge in [-0.2, -0.15) is 0 Å². The molecule has 2 rings (SSSR count). The van der Waals surface area contributed by atoms with E-state index in [1.807, 2.05) is 31.2 Å². The standard InChI is InChI=1S/C16H21N3OS2/c1-5-16(3,4)14-18-19-15(22-14)17-13(20)10-21-12-8-6-11(2)7-9-12/h6-9H,5,10H2,1-4H3,(H,17,19,20). The van der Waals surface area contributed by atoms with Crippen LogP contribution < -0.4 is 5.32 Å². The van der Waals surface area contributed by atoms with Gasteiger partial charge in [0.05, 0.1) is 5.75 Å². The third-order valence-corrected chi connectivity index (χ3v) is 5.74. The van der Waals surface area contributed by atoms with Crippen LogP contribution in [0.1, 0.15) is 37.8 Å². The zero-order valence-electron chi connectivity index (χ0n) is 13.3. The molecule has 4 nitrogen and oxygen atoms in total. The highest BCUT2D eigenvalue weighted by atomic mass is 32.2. The molecule has 0 bridgehead atoms. The minimum atomic E-state index is -0.0532. The first-order chi connectivity index (χ1) is 10.4. The molecule has 0 aliphatic carbocycles. The van der Waals surface area contributed by atoms with E-state index in [1.165, 1.54) is 28.7 Å². The molecule has 1 amide bonds. The Kier molecular flexibility index (Phi) is 5.58. The summed E-state index contributed by atoms with van der Waals surface area (Å²) in [7, 11) is 0. The Labute approximate surface area is 139 Å². The molecule has 0 aliphatic heterocycles. The van der Waals surface area contributed by atoms with Crippen molar-refractivity contribution in [1.29, 1.82) is 0 Å². The number of nitrogens with one attached hydrogen (secondary N) is 1. The number of rotatable bonds is 6. The van der Waals surface area contributed by atoms with Crippen LogP contribution >= 0.6 is 23.1 Å². The van der Waals surface area contributed by atoms with Crippen molar-refractivity contribution in [2.24, 2.45) is 0 Å². The van der Waals surface area contributed by atoms with Gasteiger partial charge in [-0.15, -0.1) is 22.0 Å². The molecule has 1 heterocycles. The Bertz CT molecular complexity index is 635. The van der Waals surface area contributed by atoms with Gasteiger partial charge in [-0.3, -0.25) is 10.1 Å². The van der Waals surface area contributed by atoms with Crippen LogP contribution in [0.25, 0.3) is 0 Å². The molecule has 1 N–H and O–H groups in total. The highest BCUT2D eigenvalue weighted by molar-refractivity contribution is 8.00. The van der Waals surface area contributed by atoms with E-state index >= 15 is 0 Å². The fraction of sp³-hybridized carbons (Fsp3) is 0.438. The van der Waals surface area contributed by atoms with Crippen LogP contribution in [0.4, 0.5) is 5.13 Å². The molecule has 0 saturated heterocycles. The molecular formula is C16H21N3OS2. The summed E-state index contributed by atoms with van der Waals surface area (Å²) < 4.78 is 0. The van der Waals surface area contributed by atoms with Gasteiger partial charge in [-0.05, 0) is 25.5 Å². The van der Waals surface area contributed by atoms with Gasteiger partial charge in [-0.1, -0.05) is 49.8 Å². The maximum Gasteiger partial charge on any atom is 0.236 e. The Balaban J connectivity index is 1.88. The number of carbonyl (C=O) groups is 1. The van der Waals surface area contributed by atoms with Gasteiger partial charge >= 0.3 is 0 Å². The van der Waals surface area contributed by atoms with Crippen LogP contribution in [0.15, 0.2) is 29.2 Å². The van der Waals surface area contributed by atoms with Crippen LogP contribution in [0, 0.1) is 6.92 Å². The highest BCUT2D eigenvalue weighted by Gasteiger charge is 2.23. The van der Waals surface area contributed by atoms with E-state index in [2.05, 4.69) is 36.3 Å². The molecule has 0 radical (unpaired) electrons. The van der Waals surface area contributed by atoms with Gasteiger partial charge in [0.15, 0.2) is 0 Å². The maximum absolute atomic E-state index is 12.0. The summed E-state index contributed by atoms with van der Waals surface area (Å²) in [5.41, 5.74) is 1.21. The monoisotopic (exact) mass is 335 g/mol. The van der Waals surface area contributed by atoms with Crippen LogP contribution in [-0.2, 0) is 10.2 Å². The van der Waals surface area contributed by atoms with Gasteiger partial charge < -0.3 is 0 Å². The smallest absolute Gasteiger partial charge is 0.236 e. The van der Waals surface area contributed by atoms with Gasteiger partial charge in [-0.25, -0.2) is 0 Å². The number of amides is 1. The van der Waals surface area contributed by atoms with Gasteiger partial charge in [0.25, 0.3) is 0 Å². The number of aryl methyl sites for hydroxylation is 1. The third-order valence-electron chi connectivity index (χ3n) is 3.53. The Morgan fingerprint density at radius 3 is 2.59 bits per heavy atom. The van der Waals surface area contributed by atoms with Crippen molar-refractivity contribution in [3.8, 4) is 0 Å². The largest absolute Gasteiger partial charge is 0.300 e. The summed E-state index contributed by atoms with van der Waals surface area (Å²) >= 11 is 2.97. The Morgan fingerprint density at radius 1 is 1.27 bits per heavy atom. The second-order valence-corrected chi connectivity index (χ2v) is 7.83. The van der Waals surface area contributed by atoms with E-state index in [0.717, 1.165) is 16.3 Å². The van der Waals surface area contributed by atoms with Crippen LogP contribution in [0.3, 0.4) is 0 Å². The van der Waals surface area contributed by atoms with E-state index in [0.29, 0.717) is 10.9 Å². The summed E-state index contributed by atoms with van der Waals surface area (Å²) in [6, 6.07) is 8.15. The van der Waals surface area contributed by atoms with E-state index in [9.17, 15) is 4.79 Å². The lowest BCUT2D eigenvalue weighted by Gasteiger charge is -2.17. The van der Waals surface area contributed by atoms with E-state index in [4.69, 9.17) is 0 Å². The molecule has 0 unspecified atom stereocenters. The summed E-state index contributed by atoms with van der Waals surface area (Å²) in [6.07, 6.45) is 0.985. The molecule has 0 atom stereocenters. The average Bonchev–Trinajstić information content (AvgIpc) is 2.96. The molecule has 0 saturated carbocycles. The minimum absolute atomic E-state index is 0.00269. The molecular weight excluding hydrogens is 314 g/mol.